The number of hydrogen-bond acceptors (Lipinski definition) is 4. The van der Waals surface area contributed by atoms with Crippen LogP contribution in [0.4, 0.5) is 5.69 Å². The number of rotatable bonds is 6. The van der Waals surface area contributed by atoms with Crippen LogP contribution in [0.2, 0.25) is 5.02 Å². The van der Waals surface area contributed by atoms with Crippen LogP contribution in [0.5, 0.6) is 0 Å². The van der Waals surface area contributed by atoms with Gasteiger partial charge in [-0.25, -0.2) is 8.42 Å². The van der Waals surface area contributed by atoms with Gasteiger partial charge in [0, 0.05) is 40.8 Å². The molecule has 0 aliphatic carbocycles. The van der Waals surface area contributed by atoms with Crippen LogP contribution in [0.15, 0.2) is 80.6 Å². The number of carbonyl (C=O) groups is 1. The molecule has 0 saturated carbocycles. The van der Waals surface area contributed by atoms with E-state index in [0.717, 1.165) is 20.2 Å². The molecule has 1 aliphatic rings. The van der Waals surface area contributed by atoms with Gasteiger partial charge in [-0.15, -0.1) is 0 Å². The van der Waals surface area contributed by atoms with E-state index >= 15 is 0 Å². The summed E-state index contributed by atoms with van der Waals surface area (Å²) in [4.78, 5) is 15.3. The molecule has 1 aliphatic heterocycles. The van der Waals surface area contributed by atoms with E-state index in [4.69, 9.17) is 11.6 Å². The van der Waals surface area contributed by atoms with Crippen molar-refractivity contribution in [2.24, 2.45) is 0 Å². The van der Waals surface area contributed by atoms with Crippen LogP contribution < -0.4 is 10.2 Å². The summed E-state index contributed by atoms with van der Waals surface area (Å²) >= 11 is 13.2. The van der Waals surface area contributed by atoms with Gasteiger partial charge in [0.1, 0.15) is 0 Å². The van der Waals surface area contributed by atoms with Gasteiger partial charge in [0.2, 0.25) is 10.0 Å². The summed E-state index contributed by atoms with van der Waals surface area (Å²) < 4.78 is 29.9. The predicted octanol–water partition coefficient (Wildman–Crippen LogP) is 5.87. The van der Waals surface area contributed by atoms with Crippen molar-refractivity contribution in [2.45, 2.75) is 17.9 Å². The molecule has 0 radical (unpaired) electrons. The van der Waals surface area contributed by atoms with E-state index in [0.29, 0.717) is 26.2 Å². The van der Waals surface area contributed by atoms with Crippen molar-refractivity contribution in [1.29, 1.82) is 0 Å². The van der Waals surface area contributed by atoms with Crippen LogP contribution >= 0.6 is 43.5 Å². The molecule has 1 atom stereocenters. The normalized spacial score (nSPS) is 15.6. The minimum atomic E-state index is -3.78. The van der Waals surface area contributed by atoms with E-state index in [2.05, 4.69) is 42.1 Å². The Morgan fingerprint density at radius 3 is 2.31 bits per heavy atom. The lowest BCUT2D eigenvalue weighted by Crippen LogP contribution is -2.48. The number of nitrogens with zero attached hydrogens (tertiary/aromatic N) is 2. The molecule has 1 saturated heterocycles. The van der Waals surface area contributed by atoms with Gasteiger partial charge in [0.05, 0.1) is 21.5 Å². The van der Waals surface area contributed by atoms with Crippen molar-refractivity contribution in [1.82, 2.24) is 9.62 Å². The molecule has 3 aromatic rings. The maximum atomic E-state index is 13.4. The van der Waals surface area contributed by atoms with Crippen LogP contribution in [0.3, 0.4) is 0 Å². The molecule has 3 aromatic carbocycles. The van der Waals surface area contributed by atoms with Crippen molar-refractivity contribution in [3.63, 3.8) is 0 Å². The van der Waals surface area contributed by atoms with Gasteiger partial charge in [-0.2, -0.15) is 4.31 Å². The number of benzene rings is 3. The average Bonchev–Trinajstić information content (AvgIpc) is 2.84. The standard InChI is InChI=1S/C25H24Br2ClN3O3S/c1-17(21-9-7-18(26)15-23(21)27)29-25(32)22-16-20(8-10-24(22)28)35(33,34)31-13-11-30(12-14-31)19-5-3-2-4-6-19/h2-10,15-17H,11-14H2,1H3,(H,29,32). The van der Waals surface area contributed by atoms with E-state index in [-0.39, 0.29) is 21.5 Å². The van der Waals surface area contributed by atoms with Gasteiger partial charge in [-0.1, -0.05) is 67.7 Å². The van der Waals surface area contributed by atoms with Gasteiger partial charge in [0.25, 0.3) is 5.91 Å². The number of halogens is 3. The fraction of sp³-hybridized carbons (Fsp3) is 0.240. The summed E-state index contributed by atoms with van der Waals surface area (Å²) in [5, 5.41) is 3.10. The summed E-state index contributed by atoms with van der Waals surface area (Å²) in [6.07, 6.45) is 0. The molecular weight excluding hydrogens is 618 g/mol. The molecule has 1 N–H and O–H groups in total. The Morgan fingerprint density at radius 1 is 0.971 bits per heavy atom. The Balaban J connectivity index is 1.49. The van der Waals surface area contributed by atoms with Crippen LogP contribution in [-0.2, 0) is 10.0 Å². The van der Waals surface area contributed by atoms with Crippen molar-refractivity contribution in [2.75, 3.05) is 31.1 Å². The van der Waals surface area contributed by atoms with Crippen LogP contribution in [0.1, 0.15) is 28.9 Å². The van der Waals surface area contributed by atoms with E-state index in [1.54, 1.807) is 0 Å². The molecule has 1 amide bonds. The Hall–Kier alpha value is -1.91. The second-order valence-corrected chi connectivity index (χ2v) is 12.3. The highest BCUT2D eigenvalue weighted by molar-refractivity contribution is 9.11. The number of anilines is 1. The van der Waals surface area contributed by atoms with Crippen molar-refractivity contribution < 1.29 is 13.2 Å². The lowest BCUT2D eigenvalue weighted by atomic mass is 10.1. The SMILES string of the molecule is CC(NC(=O)c1cc(S(=O)(=O)N2CCN(c3ccccc3)CC2)ccc1Cl)c1ccc(Br)cc1Br. The van der Waals surface area contributed by atoms with E-state index < -0.39 is 15.9 Å². The second kappa shape index (κ2) is 11.0. The highest BCUT2D eigenvalue weighted by Gasteiger charge is 2.30. The topological polar surface area (TPSA) is 69.7 Å². The van der Waals surface area contributed by atoms with Crippen LogP contribution in [-0.4, -0.2) is 44.8 Å². The number of sulfonamides is 1. The van der Waals surface area contributed by atoms with Gasteiger partial charge in [-0.3, -0.25) is 4.79 Å². The van der Waals surface area contributed by atoms with Crippen molar-refractivity contribution in [3.05, 3.63) is 91.8 Å². The smallest absolute Gasteiger partial charge is 0.253 e. The zero-order valence-electron chi connectivity index (χ0n) is 18.9. The minimum Gasteiger partial charge on any atom is -0.369 e. The second-order valence-electron chi connectivity index (χ2n) is 8.23. The third-order valence-corrected chi connectivity index (χ3v) is 9.36. The van der Waals surface area contributed by atoms with E-state index in [9.17, 15) is 13.2 Å². The molecule has 6 nitrogen and oxygen atoms in total. The molecule has 0 spiro atoms. The first-order valence-electron chi connectivity index (χ1n) is 11.0. The Kier molecular flexibility index (Phi) is 8.23. The van der Waals surface area contributed by atoms with Crippen LogP contribution in [0, 0.1) is 0 Å². The molecule has 0 aromatic heterocycles. The first-order valence-corrected chi connectivity index (χ1v) is 14.4. The average molecular weight is 642 g/mol. The van der Waals surface area contributed by atoms with Crippen molar-refractivity contribution in [3.8, 4) is 0 Å². The maximum absolute atomic E-state index is 13.4. The van der Waals surface area contributed by atoms with Crippen molar-refractivity contribution >= 4 is 65.1 Å². The zero-order chi connectivity index (χ0) is 25.2. The number of hydrogen-bond donors (Lipinski definition) is 1. The first kappa shape index (κ1) is 26.2. The fourth-order valence-electron chi connectivity index (χ4n) is 4.02. The molecule has 0 bridgehead atoms. The van der Waals surface area contributed by atoms with Gasteiger partial charge >= 0.3 is 0 Å². The minimum absolute atomic E-state index is 0.0534. The first-order chi connectivity index (χ1) is 16.7. The number of carbonyl (C=O) groups excluding carboxylic acids is 1. The summed E-state index contributed by atoms with van der Waals surface area (Å²) in [5.74, 6) is -0.441. The lowest BCUT2D eigenvalue weighted by molar-refractivity contribution is 0.0939. The highest BCUT2D eigenvalue weighted by atomic mass is 79.9. The van der Waals surface area contributed by atoms with E-state index in [1.165, 1.54) is 22.5 Å². The van der Waals surface area contributed by atoms with Gasteiger partial charge in [0.15, 0.2) is 0 Å². The third kappa shape index (κ3) is 5.91. The Bertz CT molecular complexity index is 1330. The summed E-state index contributed by atoms with van der Waals surface area (Å²) in [7, 11) is -3.78. The molecule has 1 unspecified atom stereocenters. The fourth-order valence-corrected chi connectivity index (χ4v) is 7.06. The maximum Gasteiger partial charge on any atom is 0.253 e. The Labute approximate surface area is 227 Å². The third-order valence-electron chi connectivity index (χ3n) is 5.96. The molecular formula is C25H24Br2ClN3O3S. The summed E-state index contributed by atoms with van der Waals surface area (Å²) in [6, 6.07) is 19.6. The number of piperazine rings is 1. The molecule has 10 heteroatoms. The predicted molar refractivity (Wildman–Crippen MR) is 147 cm³/mol. The van der Waals surface area contributed by atoms with Gasteiger partial charge < -0.3 is 10.2 Å². The largest absolute Gasteiger partial charge is 0.369 e. The lowest BCUT2D eigenvalue weighted by Gasteiger charge is -2.35. The quantitative estimate of drug-likeness (QED) is 0.366. The molecule has 1 heterocycles. The van der Waals surface area contributed by atoms with E-state index in [1.807, 2.05) is 55.5 Å². The molecule has 1 fully saturated rings. The summed E-state index contributed by atoms with van der Waals surface area (Å²) in [5.41, 5.74) is 2.08. The number of nitrogens with one attached hydrogen (secondary N) is 1. The molecule has 4 rings (SSSR count). The summed E-state index contributed by atoms with van der Waals surface area (Å²) in [6.45, 7) is 3.74. The van der Waals surface area contributed by atoms with Crippen LogP contribution in [0.25, 0.3) is 0 Å². The molecule has 184 valence electrons. The number of para-hydroxylation sites is 1. The highest BCUT2D eigenvalue weighted by Crippen LogP contribution is 2.29. The van der Waals surface area contributed by atoms with Gasteiger partial charge in [-0.05, 0) is 55.0 Å². The zero-order valence-corrected chi connectivity index (χ0v) is 23.7. The monoisotopic (exact) mass is 639 g/mol. The molecule has 35 heavy (non-hydrogen) atoms. The Morgan fingerprint density at radius 2 is 1.66 bits per heavy atom. The number of amides is 1.